The number of nitrogens with zero attached hydrogens (tertiary/aromatic N) is 2. The highest BCUT2D eigenvalue weighted by atomic mass is 35.5. The monoisotopic (exact) mass is 465 g/mol. The van der Waals surface area contributed by atoms with Gasteiger partial charge in [0, 0.05) is 9.90 Å². The first-order chi connectivity index (χ1) is 14.4. The van der Waals surface area contributed by atoms with Gasteiger partial charge in [0.1, 0.15) is 11.5 Å². The van der Waals surface area contributed by atoms with Gasteiger partial charge in [-0.05, 0) is 43.9 Å². The maximum absolute atomic E-state index is 12.7. The molecule has 4 rings (SSSR count). The Hall–Kier alpha value is -2.42. The minimum absolute atomic E-state index is 0.227. The number of aryl methyl sites for hydroxylation is 1. The second-order valence-electron chi connectivity index (χ2n) is 6.79. The number of esters is 1. The molecule has 2 heterocycles. The zero-order valence-electron chi connectivity index (χ0n) is 16.0. The number of benzene rings is 1. The van der Waals surface area contributed by atoms with Gasteiger partial charge in [0.15, 0.2) is 0 Å². The van der Waals surface area contributed by atoms with Crippen molar-refractivity contribution in [1.82, 2.24) is 9.55 Å². The number of anilines is 1. The van der Waals surface area contributed by atoms with Gasteiger partial charge in [-0.25, -0.2) is 9.78 Å². The summed E-state index contributed by atoms with van der Waals surface area (Å²) >= 11 is 13.5. The summed E-state index contributed by atoms with van der Waals surface area (Å²) < 4.78 is 6.34. The third kappa shape index (κ3) is 3.82. The SMILES string of the molecule is CCOC(=O)c1c(NC(=O)Cn2cnc3c(Cl)cc(Cl)cc3c2=O)sc2c1CCC2. The molecular weight excluding hydrogens is 449 g/mol. The molecule has 0 fully saturated rings. The molecule has 0 saturated heterocycles. The molecule has 0 atom stereocenters. The van der Waals surface area contributed by atoms with Gasteiger partial charge in [-0.2, -0.15) is 0 Å². The van der Waals surface area contributed by atoms with Crippen LogP contribution in [-0.2, 0) is 28.9 Å². The van der Waals surface area contributed by atoms with E-state index >= 15 is 0 Å². The number of carbonyl (C=O) groups is 2. The molecule has 1 aliphatic rings. The van der Waals surface area contributed by atoms with Crippen molar-refractivity contribution < 1.29 is 14.3 Å². The summed E-state index contributed by atoms with van der Waals surface area (Å²) in [5, 5.41) is 4.02. The van der Waals surface area contributed by atoms with E-state index in [4.69, 9.17) is 27.9 Å². The van der Waals surface area contributed by atoms with Crippen LogP contribution in [0, 0.1) is 0 Å². The molecule has 7 nitrogen and oxygen atoms in total. The second-order valence-corrected chi connectivity index (χ2v) is 8.74. The van der Waals surface area contributed by atoms with Crippen LogP contribution in [0.2, 0.25) is 10.0 Å². The van der Waals surface area contributed by atoms with Crippen molar-refractivity contribution >= 4 is 62.3 Å². The third-order valence-electron chi connectivity index (χ3n) is 4.81. The van der Waals surface area contributed by atoms with E-state index in [0.29, 0.717) is 21.1 Å². The van der Waals surface area contributed by atoms with Crippen molar-refractivity contribution in [3.05, 3.63) is 54.9 Å². The summed E-state index contributed by atoms with van der Waals surface area (Å²) in [5.41, 5.74) is 1.26. The number of hydrogen-bond donors (Lipinski definition) is 1. The number of nitrogens with one attached hydrogen (secondary N) is 1. The second kappa shape index (κ2) is 8.37. The van der Waals surface area contributed by atoms with Crippen LogP contribution in [-0.4, -0.2) is 28.0 Å². The standard InChI is InChI=1S/C20H17Cl2N3O4S/c1-2-29-20(28)16-11-4-3-5-14(11)30-18(16)24-15(26)8-25-9-23-17-12(19(25)27)6-10(21)7-13(17)22/h6-7,9H,2-5,8H2,1H3,(H,24,26). The molecule has 156 valence electrons. The van der Waals surface area contributed by atoms with Crippen LogP contribution in [0.25, 0.3) is 10.9 Å². The number of carbonyl (C=O) groups excluding carboxylic acids is 2. The van der Waals surface area contributed by atoms with Gasteiger partial charge in [0.05, 0.1) is 34.4 Å². The van der Waals surface area contributed by atoms with Crippen LogP contribution in [0.15, 0.2) is 23.3 Å². The summed E-state index contributed by atoms with van der Waals surface area (Å²) in [7, 11) is 0. The number of fused-ring (bicyclic) bond motifs is 2. The quantitative estimate of drug-likeness (QED) is 0.573. The average molecular weight is 466 g/mol. The van der Waals surface area contributed by atoms with Crippen LogP contribution in [0.3, 0.4) is 0 Å². The third-order valence-corrected chi connectivity index (χ3v) is 6.53. The van der Waals surface area contributed by atoms with Gasteiger partial charge in [-0.3, -0.25) is 14.2 Å². The highest BCUT2D eigenvalue weighted by molar-refractivity contribution is 7.17. The van der Waals surface area contributed by atoms with Crippen molar-refractivity contribution in [2.75, 3.05) is 11.9 Å². The summed E-state index contributed by atoms with van der Waals surface area (Å²) in [6.45, 7) is 1.72. The molecule has 1 N–H and O–H groups in total. The van der Waals surface area contributed by atoms with E-state index in [-0.39, 0.29) is 23.6 Å². The molecule has 3 aromatic rings. The van der Waals surface area contributed by atoms with Crippen molar-refractivity contribution in [2.24, 2.45) is 0 Å². The topological polar surface area (TPSA) is 90.3 Å². The summed E-state index contributed by atoms with van der Waals surface area (Å²) in [4.78, 5) is 43.1. The molecule has 0 bridgehead atoms. The Bertz CT molecular complexity index is 1230. The van der Waals surface area contributed by atoms with E-state index < -0.39 is 17.4 Å². The number of aromatic nitrogens is 2. The van der Waals surface area contributed by atoms with Crippen LogP contribution in [0.1, 0.15) is 34.1 Å². The summed E-state index contributed by atoms with van der Waals surface area (Å²) in [6.07, 6.45) is 3.90. The van der Waals surface area contributed by atoms with Gasteiger partial charge in [0.2, 0.25) is 5.91 Å². The fourth-order valence-electron chi connectivity index (χ4n) is 3.54. The first-order valence-electron chi connectivity index (χ1n) is 9.34. The Labute approximate surface area is 185 Å². The van der Waals surface area contributed by atoms with Crippen LogP contribution in [0.5, 0.6) is 0 Å². The lowest BCUT2D eigenvalue weighted by Crippen LogP contribution is -2.28. The maximum atomic E-state index is 12.7. The minimum Gasteiger partial charge on any atom is -0.462 e. The van der Waals surface area contributed by atoms with Gasteiger partial charge in [-0.1, -0.05) is 23.2 Å². The van der Waals surface area contributed by atoms with Crippen molar-refractivity contribution in [1.29, 1.82) is 0 Å². The zero-order valence-corrected chi connectivity index (χ0v) is 18.3. The number of thiophene rings is 1. The predicted octanol–water partition coefficient (Wildman–Crippen LogP) is 4.07. The predicted molar refractivity (Wildman–Crippen MR) is 117 cm³/mol. The molecule has 30 heavy (non-hydrogen) atoms. The molecule has 0 saturated carbocycles. The highest BCUT2D eigenvalue weighted by Gasteiger charge is 2.28. The van der Waals surface area contributed by atoms with Gasteiger partial charge < -0.3 is 10.1 Å². The largest absolute Gasteiger partial charge is 0.462 e. The fraction of sp³-hybridized carbons (Fsp3) is 0.300. The summed E-state index contributed by atoms with van der Waals surface area (Å²) in [5.74, 6) is -0.891. The molecule has 0 aliphatic heterocycles. The Morgan fingerprint density at radius 3 is 2.87 bits per heavy atom. The lowest BCUT2D eigenvalue weighted by Gasteiger charge is -2.10. The molecule has 1 aromatic carbocycles. The average Bonchev–Trinajstić information content (AvgIpc) is 3.25. The molecule has 0 unspecified atom stereocenters. The van der Waals surface area contributed by atoms with E-state index in [1.807, 2.05) is 0 Å². The van der Waals surface area contributed by atoms with E-state index in [1.54, 1.807) is 6.92 Å². The normalized spacial score (nSPS) is 12.8. The molecular formula is C20H17Cl2N3O4S. The molecule has 1 aliphatic carbocycles. The van der Waals surface area contributed by atoms with Gasteiger partial charge in [0.25, 0.3) is 5.56 Å². The van der Waals surface area contributed by atoms with Gasteiger partial charge >= 0.3 is 5.97 Å². The molecule has 10 heteroatoms. The molecule has 2 aromatic heterocycles. The molecule has 1 amide bonds. The van der Waals surface area contributed by atoms with Crippen molar-refractivity contribution in [3.8, 4) is 0 Å². The number of ether oxygens (including phenoxy) is 1. The minimum atomic E-state index is -0.447. The number of halogens is 2. The smallest absolute Gasteiger partial charge is 0.341 e. The number of hydrogen-bond acceptors (Lipinski definition) is 6. The Morgan fingerprint density at radius 1 is 1.30 bits per heavy atom. The fourth-order valence-corrected chi connectivity index (χ4v) is 5.38. The first kappa shape index (κ1) is 20.8. The van der Waals surface area contributed by atoms with E-state index in [2.05, 4.69) is 10.3 Å². The van der Waals surface area contributed by atoms with Crippen LogP contribution < -0.4 is 10.9 Å². The van der Waals surface area contributed by atoms with Crippen LogP contribution in [0.4, 0.5) is 5.00 Å². The summed E-state index contributed by atoms with van der Waals surface area (Å²) in [6, 6.07) is 2.97. The first-order valence-corrected chi connectivity index (χ1v) is 10.9. The van der Waals surface area contributed by atoms with Gasteiger partial charge in [-0.15, -0.1) is 11.3 Å². The van der Waals surface area contributed by atoms with E-state index in [0.717, 1.165) is 29.7 Å². The highest BCUT2D eigenvalue weighted by Crippen LogP contribution is 2.39. The van der Waals surface area contributed by atoms with Crippen LogP contribution >= 0.6 is 34.5 Å². The van der Waals surface area contributed by atoms with E-state index in [9.17, 15) is 14.4 Å². The number of rotatable bonds is 5. The lowest BCUT2D eigenvalue weighted by atomic mass is 10.1. The molecule has 0 spiro atoms. The number of amides is 1. The zero-order chi connectivity index (χ0) is 21.4. The lowest BCUT2D eigenvalue weighted by molar-refractivity contribution is -0.116. The van der Waals surface area contributed by atoms with Crippen molar-refractivity contribution in [3.63, 3.8) is 0 Å². The Kier molecular flexibility index (Phi) is 5.81. The molecule has 0 radical (unpaired) electrons. The Morgan fingerprint density at radius 2 is 2.10 bits per heavy atom. The maximum Gasteiger partial charge on any atom is 0.341 e. The Balaban J connectivity index is 1.61. The van der Waals surface area contributed by atoms with Crippen molar-refractivity contribution in [2.45, 2.75) is 32.7 Å². The van der Waals surface area contributed by atoms with E-state index in [1.165, 1.54) is 34.4 Å².